The molecule has 1 aromatic heterocycles. The number of benzene rings is 1. The van der Waals surface area contributed by atoms with E-state index in [0.29, 0.717) is 17.4 Å². The number of rotatable bonds is 5. The Morgan fingerprint density at radius 2 is 2.19 bits per heavy atom. The number of amides is 1. The summed E-state index contributed by atoms with van der Waals surface area (Å²) in [6.07, 6.45) is 2.08. The lowest BCUT2D eigenvalue weighted by Gasteiger charge is -2.35. The molecule has 0 bridgehead atoms. The molecule has 0 spiro atoms. The Labute approximate surface area is 123 Å². The third-order valence-corrected chi connectivity index (χ3v) is 3.92. The summed E-state index contributed by atoms with van der Waals surface area (Å²) in [6.45, 7) is 0.994. The fourth-order valence-corrected chi connectivity index (χ4v) is 2.75. The van der Waals surface area contributed by atoms with E-state index in [9.17, 15) is 4.79 Å². The second-order valence-corrected chi connectivity index (χ2v) is 5.53. The molecule has 1 saturated carbocycles. The molecule has 5 nitrogen and oxygen atoms in total. The SMILES string of the molecule is CNCC1CC(Oc2nc3ccccc3cc2C(N)=O)C1. The highest BCUT2D eigenvalue weighted by Crippen LogP contribution is 2.32. The molecule has 1 aromatic carbocycles. The number of primary amides is 1. The standard InChI is InChI=1S/C16H19N3O2/c1-18-9-10-6-12(7-10)21-16-13(15(17)20)8-11-4-2-3-5-14(11)19-16/h2-5,8,10,12,18H,6-7,9H2,1H3,(H2,17,20). The normalized spacial score (nSPS) is 21.0. The molecule has 0 aliphatic heterocycles. The van der Waals surface area contributed by atoms with Gasteiger partial charge in [-0.3, -0.25) is 4.79 Å². The van der Waals surface area contributed by atoms with Crippen molar-refractivity contribution in [2.45, 2.75) is 18.9 Å². The van der Waals surface area contributed by atoms with Crippen LogP contribution in [-0.2, 0) is 0 Å². The number of carbonyl (C=O) groups is 1. The first-order valence-corrected chi connectivity index (χ1v) is 7.18. The minimum Gasteiger partial charge on any atom is -0.474 e. The zero-order chi connectivity index (χ0) is 14.8. The van der Waals surface area contributed by atoms with Crippen LogP contribution in [0.3, 0.4) is 0 Å². The Hall–Kier alpha value is -2.14. The van der Waals surface area contributed by atoms with Crippen molar-refractivity contribution < 1.29 is 9.53 Å². The minimum atomic E-state index is -0.505. The van der Waals surface area contributed by atoms with Crippen LogP contribution in [0.1, 0.15) is 23.2 Å². The number of ether oxygens (including phenoxy) is 1. The van der Waals surface area contributed by atoms with Crippen LogP contribution in [-0.4, -0.2) is 30.6 Å². The number of hydrogen-bond acceptors (Lipinski definition) is 4. The highest BCUT2D eigenvalue weighted by molar-refractivity contribution is 5.98. The Morgan fingerprint density at radius 1 is 1.43 bits per heavy atom. The van der Waals surface area contributed by atoms with E-state index in [2.05, 4.69) is 10.3 Å². The van der Waals surface area contributed by atoms with Gasteiger partial charge in [-0.1, -0.05) is 18.2 Å². The quantitative estimate of drug-likeness (QED) is 0.876. The lowest BCUT2D eigenvalue weighted by atomic mass is 9.82. The van der Waals surface area contributed by atoms with Gasteiger partial charge in [0.25, 0.3) is 5.91 Å². The van der Waals surface area contributed by atoms with E-state index in [1.54, 1.807) is 6.07 Å². The van der Waals surface area contributed by atoms with Crippen LogP contribution in [0.4, 0.5) is 0 Å². The molecule has 0 radical (unpaired) electrons. The van der Waals surface area contributed by atoms with Crippen molar-refractivity contribution in [3.8, 4) is 5.88 Å². The zero-order valence-electron chi connectivity index (χ0n) is 12.0. The summed E-state index contributed by atoms with van der Waals surface area (Å²) in [5.74, 6) is 0.487. The van der Waals surface area contributed by atoms with Crippen molar-refractivity contribution >= 4 is 16.8 Å². The third kappa shape index (κ3) is 2.83. The average molecular weight is 285 g/mol. The monoisotopic (exact) mass is 285 g/mol. The van der Waals surface area contributed by atoms with E-state index in [-0.39, 0.29) is 6.10 Å². The largest absolute Gasteiger partial charge is 0.474 e. The molecule has 2 aromatic rings. The summed E-state index contributed by atoms with van der Waals surface area (Å²) in [5.41, 5.74) is 6.61. The Bertz CT molecular complexity index is 666. The first-order chi connectivity index (χ1) is 10.2. The molecule has 1 aliphatic carbocycles. The predicted molar refractivity (Wildman–Crippen MR) is 81.3 cm³/mol. The van der Waals surface area contributed by atoms with Crippen molar-refractivity contribution in [2.75, 3.05) is 13.6 Å². The minimum absolute atomic E-state index is 0.120. The predicted octanol–water partition coefficient (Wildman–Crippen LogP) is 1.71. The lowest BCUT2D eigenvalue weighted by Crippen LogP contribution is -2.39. The van der Waals surface area contributed by atoms with Crippen LogP contribution in [0.15, 0.2) is 30.3 Å². The summed E-state index contributed by atoms with van der Waals surface area (Å²) >= 11 is 0. The maximum atomic E-state index is 11.6. The van der Waals surface area contributed by atoms with Gasteiger partial charge in [-0.05, 0) is 44.5 Å². The smallest absolute Gasteiger partial charge is 0.254 e. The summed E-state index contributed by atoms with van der Waals surface area (Å²) in [5, 5.41) is 4.05. The molecule has 110 valence electrons. The lowest BCUT2D eigenvalue weighted by molar-refractivity contribution is 0.0606. The zero-order valence-corrected chi connectivity index (χ0v) is 12.0. The molecule has 1 fully saturated rings. The summed E-state index contributed by atoms with van der Waals surface area (Å²) in [6, 6.07) is 9.38. The number of nitrogens with zero attached hydrogens (tertiary/aromatic N) is 1. The molecular formula is C16H19N3O2. The van der Waals surface area contributed by atoms with Crippen molar-refractivity contribution in [3.63, 3.8) is 0 Å². The van der Waals surface area contributed by atoms with Gasteiger partial charge in [0.1, 0.15) is 11.7 Å². The highest BCUT2D eigenvalue weighted by atomic mass is 16.5. The molecule has 0 unspecified atom stereocenters. The van der Waals surface area contributed by atoms with E-state index < -0.39 is 5.91 Å². The van der Waals surface area contributed by atoms with Gasteiger partial charge in [-0.15, -0.1) is 0 Å². The summed E-state index contributed by atoms with van der Waals surface area (Å²) in [7, 11) is 1.95. The molecule has 3 N–H and O–H groups in total. The number of nitrogens with two attached hydrogens (primary N) is 1. The molecular weight excluding hydrogens is 266 g/mol. The molecule has 0 atom stereocenters. The molecule has 1 aliphatic rings. The van der Waals surface area contributed by atoms with E-state index in [0.717, 1.165) is 30.3 Å². The first-order valence-electron chi connectivity index (χ1n) is 7.18. The first kappa shape index (κ1) is 13.8. The van der Waals surface area contributed by atoms with Crippen LogP contribution < -0.4 is 15.8 Å². The van der Waals surface area contributed by atoms with Gasteiger partial charge >= 0.3 is 0 Å². The fourth-order valence-electron chi connectivity index (χ4n) is 2.75. The number of para-hydroxylation sites is 1. The van der Waals surface area contributed by atoms with Gasteiger partial charge in [-0.2, -0.15) is 0 Å². The molecule has 1 heterocycles. The van der Waals surface area contributed by atoms with Crippen LogP contribution in [0.25, 0.3) is 10.9 Å². The molecule has 3 rings (SSSR count). The van der Waals surface area contributed by atoms with Gasteiger partial charge in [0.15, 0.2) is 0 Å². The molecule has 5 heteroatoms. The van der Waals surface area contributed by atoms with Crippen molar-refractivity contribution in [1.29, 1.82) is 0 Å². The second-order valence-electron chi connectivity index (χ2n) is 5.53. The third-order valence-electron chi connectivity index (χ3n) is 3.92. The Balaban J connectivity index is 1.83. The topological polar surface area (TPSA) is 77.2 Å². The van der Waals surface area contributed by atoms with Crippen LogP contribution in [0, 0.1) is 5.92 Å². The Morgan fingerprint density at radius 3 is 2.90 bits per heavy atom. The summed E-state index contributed by atoms with van der Waals surface area (Å²) < 4.78 is 5.89. The Kier molecular flexibility index (Phi) is 3.75. The number of carbonyl (C=O) groups excluding carboxylic acids is 1. The number of aromatic nitrogens is 1. The highest BCUT2D eigenvalue weighted by Gasteiger charge is 2.31. The van der Waals surface area contributed by atoms with Gasteiger partial charge in [0.05, 0.1) is 5.52 Å². The van der Waals surface area contributed by atoms with E-state index in [1.165, 1.54) is 0 Å². The number of pyridine rings is 1. The number of hydrogen-bond donors (Lipinski definition) is 2. The van der Waals surface area contributed by atoms with Gasteiger partial charge in [0, 0.05) is 5.39 Å². The maximum absolute atomic E-state index is 11.6. The molecule has 1 amide bonds. The van der Waals surface area contributed by atoms with Gasteiger partial charge in [0.2, 0.25) is 5.88 Å². The average Bonchev–Trinajstić information content (AvgIpc) is 2.44. The van der Waals surface area contributed by atoms with E-state index >= 15 is 0 Å². The van der Waals surface area contributed by atoms with E-state index in [4.69, 9.17) is 10.5 Å². The van der Waals surface area contributed by atoms with E-state index in [1.807, 2.05) is 31.3 Å². The van der Waals surface area contributed by atoms with Gasteiger partial charge in [-0.25, -0.2) is 4.98 Å². The number of nitrogens with one attached hydrogen (secondary N) is 1. The van der Waals surface area contributed by atoms with Crippen molar-refractivity contribution in [3.05, 3.63) is 35.9 Å². The molecule has 0 saturated heterocycles. The summed E-state index contributed by atoms with van der Waals surface area (Å²) in [4.78, 5) is 16.1. The molecule has 21 heavy (non-hydrogen) atoms. The van der Waals surface area contributed by atoms with Crippen molar-refractivity contribution in [2.24, 2.45) is 11.7 Å². The second kappa shape index (κ2) is 5.69. The van der Waals surface area contributed by atoms with Crippen LogP contribution in [0.5, 0.6) is 5.88 Å². The number of fused-ring (bicyclic) bond motifs is 1. The van der Waals surface area contributed by atoms with Gasteiger partial charge < -0.3 is 15.8 Å². The fraction of sp³-hybridized carbons (Fsp3) is 0.375. The van der Waals surface area contributed by atoms with Crippen LogP contribution in [0.2, 0.25) is 0 Å². The van der Waals surface area contributed by atoms with Crippen molar-refractivity contribution in [1.82, 2.24) is 10.3 Å². The van der Waals surface area contributed by atoms with Crippen LogP contribution >= 0.6 is 0 Å². The maximum Gasteiger partial charge on any atom is 0.254 e.